The van der Waals surface area contributed by atoms with E-state index in [-0.39, 0.29) is 0 Å². The fourth-order valence-electron chi connectivity index (χ4n) is 1.18. The van der Waals surface area contributed by atoms with Crippen LogP contribution < -0.4 is 0 Å². The number of benzene rings is 1. The molecule has 18 heavy (non-hydrogen) atoms. The third kappa shape index (κ3) is 3.03. The van der Waals surface area contributed by atoms with Crippen molar-refractivity contribution in [2.24, 2.45) is 5.41 Å². The summed E-state index contributed by atoms with van der Waals surface area (Å²) in [5, 5.41) is 0. The zero-order chi connectivity index (χ0) is 13.9. The van der Waals surface area contributed by atoms with Crippen LogP contribution in [0.3, 0.4) is 0 Å². The lowest BCUT2D eigenvalue weighted by Crippen LogP contribution is -2.26. The average Bonchev–Trinajstić information content (AvgIpc) is 2.33. The topological polar surface area (TPSA) is 26.3 Å². The van der Waals surface area contributed by atoms with E-state index in [0.29, 0.717) is 12.5 Å². The molecule has 5 heteroatoms. The molecule has 0 spiro atoms. The van der Waals surface area contributed by atoms with Crippen molar-refractivity contribution < 1.29 is 22.7 Å². The molecule has 0 saturated heterocycles. The summed E-state index contributed by atoms with van der Waals surface area (Å²) >= 11 is 0. The van der Waals surface area contributed by atoms with Crippen LogP contribution >= 0.6 is 0 Å². The Hall–Kier alpha value is -1.52. The number of ether oxygens (including phenoxy) is 1. The molecule has 0 saturated carbocycles. The lowest BCUT2D eigenvalue weighted by molar-refractivity contribution is -0.155. The molecule has 1 aromatic rings. The van der Waals surface area contributed by atoms with Gasteiger partial charge in [0, 0.05) is 0 Å². The largest absolute Gasteiger partial charge is 0.460 e. The summed E-state index contributed by atoms with van der Waals surface area (Å²) in [5.41, 5.74) is -1.31. The van der Waals surface area contributed by atoms with Gasteiger partial charge in [0.05, 0.1) is 11.0 Å². The van der Waals surface area contributed by atoms with Crippen LogP contribution in [0.2, 0.25) is 0 Å². The molecule has 0 bridgehead atoms. The van der Waals surface area contributed by atoms with Crippen LogP contribution in [0.5, 0.6) is 0 Å². The second-order valence-electron chi connectivity index (χ2n) is 4.64. The maximum atomic E-state index is 13.3. The normalized spacial score (nSPS) is 11.4. The van der Waals surface area contributed by atoms with Gasteiger partial charge in [0.1, 0.15) is 12.4 Å². The molecule has 0 aliphatic rings. The Morgan fingerprint density at radius 1 is 1.22 bits per heavy atom. The zero-order valence-electron chi connectivity index (χ0n) is 10.5. The summed E-state index contributed by atoms with van der Waals surface area (Å²) in [6, 6.07) is 1.48. The first-order valence-electron chi connectivity index (χ1n) is 5.59. The lowest BCUT2D eigenvalue weighted by Gasteiger charge is -2.20. The van der Waals surface area contributed by atoms with Crippen LogP contribution in [0.4, 0.5) is 13.2 Å². The van der Waals surface area contributed by atoms with Crippen LogP contribution in [0.15, 0.2) is 12.1 Å². The van der Waals surface area contributed by atoms with Crippen molar-refractivity contribution in [3.05, 3.63) is 35.1 Å². The van der Waals surface area contributed by atoms with Gasteiger partial charge in [-0.15, -0.1) is 0 Å². The van der Waals surface area contributed by atoms with Crippen LogP contribution in [0.1, 0.15) is 32.8 Å². The molecule has 0 aliphatic heterocycles. The quantitative estimate of drug-likeness (QED) is 0.611. The summed E-state index contributed by atoms with van der Waals surface area (Å²) < 4.78 is 44.3. The van der Waals surface area contributed by atoms with Crippen molar-refractivity contribution in [3.63, 3.8) is 0 Å². The monoisotopic (exact) mass is 260 g/mol. The number of carbonyl (C=O) groups is 1. The van der Waals surface area contributed by atoms with Crippen molar-refractivity contribution in [2.45, 2.75) is 33.8 Å². The molecule has 100 valence electrons. The van der Waals surface area contributed by atoms with Crippen molar-refractivity contribution in [1.82, 2.24) is 0 Å². The highest BCUT2D eigenvalue weighted by Crippen LogP contribution is 2.23. The summed E-state index contributed by atoms with van der Waals surface area (Å²) in [4.78, 5) is 11.6. The maximum Gasteiger partial charge on any atom is 0.311 e. The SMILES string of the molecule is CCC(C)(C)C(=O)OCc1c(F)ccc(F)c1F. The second kappa shape index (κ2) is 5.42. The molecule has 0 atom stereocenters. The van der Waals surface area contributed by atoms with Crippen LogP contribution in [-0.4, -0.2) is 5.97 Å². The number of halogens is 3. The molecule has 0 unspecified atom stereocenters. The van der Waals surface area contributed by atoms with E-state index >= 15 is 0 Å². The van der Waals surface area contributed by atoms with Crippen LogP contribution in [0.25, 0.3) is 0 Å². The van der Waals surface area contributed by atoms with E-state index in [4.69, 9.17) is 4.74 Å². The minimum Gasteiger partial charge on any atom is -0.460 e. The Morgan fingerprint density at radius 2 is 1.78 bits per heavy atom. The number of esters is 1. The van der Waals surface area contributed by atoms with Gasteiger partial charge >= 0.3 is 5.97 Å². The number of hydrogen-bond donors (Lipinski definition) is 0. The van der Waals surface area contributed by atoms with E-state index in [1.54, 1.807) is 20.8 Å². The van der Waals surface area contributed by atoms with Crippen LogP contribution in [-0.2, 0) is 16.1 Å². The molecule has 0 N–H and O–H groups in total. The molecular formula is C13H15F3O2. The Balaban J connectivity index is 2.82. The predicted molar refractivity (Wildman–Crippen MR) is 60.2 cm³/mol. The van der Waals surface area contributed by atoms with Crippen LogP contribution in [0, 0.1) is 22.9 Å². The molecule has 1 rings (SSSR count). The first kappa shape index (κ1) is 14.5. The van der Waals surface area contributed by atoms with Gasteiger partial charge in [-0.2, -0.15) is 0 Å². The Bertz CT molecular complexity index is 456. The third-order valence-corrected chi connectivity index (χ3v) is 2.92. The fourth-order valence-corrected chi connectivity index (χ4v) is 1.18. The summed E-state index contributed by atoms with van der Waals surface area (Å²) in [6.07, 6.45) is 0.528. The molecule has 0 amide bonds. The molecule has 0 aliphatic carbocycles. The van der Waals surface area contributed by atoms with E-state index in [2.05, 4.69) is 0 Å². The van der Waals surface area contributed by atoms with Crippen molar-refractivity contribution in [1.29, 1.82) is 0 Å². The Labute approximate surface area is 104 Å². The summed E-state index contributed by atoms with van der Waals surface area (Å²) in [7, 11) is 0. The van der Waals surface area contributed by atoms with E-state index in [9.17, 15) is 18.0 Å². The highest BCUT2D eigenvalue weighted by Gasteiger charge is 2.27. The van der Waals surface area contributed by atoms with Crippen molar-refractivity contribution in [2.75, 3.05) is 0 Å². The van der Waals surface area contributed by atoms with Gasteiger partial charge in [-0.3, -0.25) is 4.79 Å². The summed E-state index contributed by atoms with van der Waals surface area (Å²) in [5.74, 6) is -4.00. The Morgan fingerprint density at radius 3 is 2.33 bits per heavy atom. The first-order chi connectivity index (χ1) is 8.29. The lowest BCUT2D eigenvalue weighted by atomic mass is 9.91. The second-order valence-corrected chi connectivity index (χ2v) is 4.64. The smallest absolute Gasteiger partial charge is 0.311 e. The molecule has 0 fully saturated rings. The Kier molecular flexibility index (Phi) is 4.38. The van der Waals surface area contributed by atoms with E-state index in [1.807, 2.05) is 0 Å². The number of hydrogen-bond acceptors (Lipinski definition) is 2. The first-order valence-corrected chi connectivity index (χ1v) is 5.59. The molecule has 0 heterocycles. The highest BCUT2D eigenvalue weighted by atomic mass is 19.2. The van der Waals surface area contributed by atoms with Crippen molar-refractivity contribution in [3.8, 4) is 0 Å². The fraction of sp³-hybridized carbons (Fsp3) is 0.462. The van der Waals surface area contributed by atoms with Gasteiger partial charge in [0.2, 0.25) is 0 Å². The molecule has 0 radical (unpaired) electrons. The minimum atomic E-state index is -1.32. The number of rotatable bonds is 4. The van der Waals surface area contributed by atoms with Gasteiger partial charge < -0.3 is 4.74 Å². The molecule has 1 aromatic carbocycles. The van der Waals surface area contributed by atoms with E-state index < -0.39 is 41.0 Å². The molecule has 0 aromatic heterocycles. The zero-order valence-corrected chi connectivity index (χ0v) is 10.5. The van der Waals surface area contributed by atoms with Crippen molar-refractivity contribution >= 4 is 5.97 Å². The predicted octanol–water partition coefficient (Wildman–Crippen LogP) is 3.58. The van der Waals surface area contributed by atoms with Gasteiger partial charge in [0.15, 0.2) is 11.6 Å². The van der Waals surface area contributed by atoms with Gasteiger partial charge in [-0.25, -0.2) is 13.2 Å². The molecular weight excluding hydrogens is 245 g/mol. The highest BCUT2D eigenvalue weighted by molar-refractivity contribution is 5.75. The molecule has 2 nitrogen and oxygen atoms in total. The maximum absolute atomic E-state index is 13.3. The standard InChI is InChI=1S/C13H15F3O2/c1-4-13(2,3)12(17)18-7-8-9(14)5-6-10(15)11(8)16/h5-6H,4,7H2,1-3H3. The minimum absolute atomic E-state index is 0.528. The third-order valence-electron chi connectivity index (χ3n) is 2.92. The van der Waals surface area contributed by atoms with E-state index in [1.165, 1.54) is 0 Å². The average molecular weight is 260 g/mol. The van der Waals surface area contributed by atoms with Gasteiger partial charge in [-0.05, 0) is 32.4 Å². The van der Waals surface area contributed by atoms with E-state index in [0.717, 1.165) is 6.07 Å². The number of carbonyl (C=O) groups excluding carboxylic acids is 1. The van der Waals surface area contributed by atoms with Gasteiger partial charge in [-0.1, -0.05) is 6.92 Å². The summed E-state index contributed by atoms with van der Waals surface area (Å²) in [6.45, 7) is 4.50. The van der Waals surface area contributed by atoms with Gasteiger partial charge in [0.25, 0.3) is 0 Å².